The van der Waals surface area contributed by atoms with E-state index in [0.29, 0.717) is 17.5 Å². The summed E-state index contributed by atoms with van der Waals surface area (Å²) >= 11 is 0.699. The van der Waals surface area contributed by atoms with Gasteiger partial charge in [-0.1, -0.05) is 42.0 Å². The Morgan fingerprint density at radius 2 is 1.96 bits per heavy atom. The SMILES string of the molecule is Cc1cccc(Cn2ccc3c(C=C4NC(=O)SC4=O)cccc32)c1. The van der Waals surface area contributed by atoms with Crippen LogP contribution < -0.4 is 5.32 Å². The van der Waals surface area contributed by atoms with Gasteiger partial charge in [0.25, 0.3) is 5.24 Å². The van der Waals surface area contributed by atoms with Gasteiger partial charge in [-0.3, -0.25) is 9.59 Å². The van der Waals surface area contributed by atoms with Crippen LogP contribution in [0.2, 0.25) is 0 Å². The smallest absolute Gasteiger partial charge is 0.291 e. The first-order chi connectivity index (χ1) is 12.1. The number of hydrogen-bond acceptors (Lipinski definition) is 3. The largest absolute Gasteiger partial charge is 0.343 e. The zero-order valence-corrected chi connectivity index (χ0v) is 14.5. The third-order valence-corrected chi connectivity index (χ3v) is 4.92. The summed E-state index contributed by atoms with van der Waals surface area (Å²) in [4.78, 5) is 23.1. The Balaban J connectivity index is 1.72. The molecule has 4 rings (SSSR count). The van der Waals surface area contributed by atoms with Crippen LogP contribution in [0, 0.1) is 6.92 Å². The fourth-order valence-corrected chi connectivity index (χ4v) is 3.64. The highest BCUT2D eigenvalue weighted by atomic mass is 32.2. The van der Waals surface area contributed by atoms with E-state index in [0.717, 1.165) is 23.0 Å². The first kappa shape index (κ1) is 15.7. The highest BCUT2D eigenvalue weighted by molar-refractivity contribution is 8.27. The van der Waals surface area contributed by atoms with Crippen LogP contribution in [-0.2, 0) is 11.3 Å². The minimum absolute atomic E-state index is 0.235. The molecule has 3 aromatic rings. The molecule has 1 saturated heterocycles. The lowest BCUT2D eigenvalue weighted by atomic mass is 10.1. The number of rotatable bonds is 3. The number of fused-ring (bicyclic) bond motifs is 1. The fourth-order valence-electron chi connectivity index (χ4n) is 3.09. The summed E-state index contributed by atoms with van der Waals surface area (Å²) in [5.41, 5.74) is 4.85. The molecule has 4 nitrogen and oxygen atoms in total. The van der Waals surface area contributed by atoms with E-state index in [1.54, 1.807) is 6.08 Å². The Labute approximate surface area is 149 Å². The summed E-state index contributed by atoms with van der Waals surface area (Å²) in [6.45, 7) is 2.88. The second kappa shape index (κ2) is 6.26. The van der Waals surface area contributed by atoms with Crippen molar-refractivity contribution in [2.45, 2.75) is 13.5 Å². The van der Waals surface area contributed by atoms with Crippen molar-refractivity contribution in [3.05, 3.63) is 77.1 Å². The van der Waals surface area contributed by atoms with Gasteiger partial charge in [0.2, 0.25) is 5.12 Å². The number of carbonyl (C=O) groups is 2. The summed E-state index contributed by atoms with van der Waals surface area (Å²) in [5, 5.41) is 3.10. The van der Waals surface area contributed by atoms with Crippen molar-refractivity contribution in [1.29, 1.82) is 0 Å². The third kappa shape index (κ3) is 3.10. The van der Waals surface area contributed by atoms with Gasteiger partial charge in [0.05, 0.1) is 5.70 Å². The van der Waals surface area contributed by atoms with Gasteiger partial charge in [0, 0.05) is 35.4 Å². The second-order valence-corrected chi connectivity index (χ2v) is 7.02. The van der Waals surface area contributed by atoms with E-state index in [4.69, 9.17) is 0 Å². The topological polar surface area (TPSA) is 51.1 Å². The molecule has 0 atom stereocenters. The molecule has 0 bridgehead atoms. The number of nitrogens with zero attached hydrogens (tertiary/aromatic N) is 1. The highest BCUT2D eigenvalue weighted by Crippen LogP contribution is 2.26. The average molecular weight is 348 g/mol. The van der Waals surface area contributed by atoms with E-state index < -0.39 is 0 Å². The minimum Gasteiger partial charge on any atom is -0.343 e. The quantitative estimate of drug-likeness (QED) is 0.717. The van der Waals surface area contributed by atoms with Crippen molar-refractivity contribution in [2.75, 3.05) is 0 Å². The summed E-state index contributed by atoms with van der Waals surface area (Å²) < 4.78 is 2.19. The van der Waals surface area contributed by atoms with Crippen LogP contribution in [0.5, 0.6) is 0 Å². The van der Waals surface area contributed by atoms with Crippen molar-refractivity contribution in [2.24, 2.45) is 0 Å². The maximum Gasteiger partial charge on any atom is 0.291 e. The van der Waals surface area contributed by atoms with Gasteiger partial charge in [-0.2, -0.15) is 0 Å². The van der Waals surface area contributed by atoms with E-state index in [1.807, 2.05) is 18.2 Å². The Hall–Kier alpha value is -2.79. The van der Waals surface area contributed by atoms with E-state index in [-0.39, 0.29) is 10.4 Å². The van der Waals surface area contributed by atoms with Crippen molar-refractivity contribution >= 4 is 39.1 Å². The summed E-state index contributed by atoms with van der Waals surface area (Å²) in [6.07, 6.45) is 3.80. The second-order valence-electron chi connectivity index (χ2n) is 6.07. The monoisotopic (exact) mass is 348 g/mol. The van der Waals surface area contributed by atoms with Crippen LogP contribution in [0.3, 0.4) is 0 Å². The molecule has 0 aliphatic carbocycles. The molecule has 1 aromatic heterocycles. The normalized spacial score (nSPS) is 16.0. The molecule has 1 aliphatic heterocycles. The van der Waals surface area contributed by atoms with Gasteiger partial charge in [-0.05, 0) is 36.3 Å². The number of hydrogen-bond donors (Lipinski definition) is 1. The Morgan fingerprint density at radius 3 is 2.72 bits per heavy atom. The number of aromatic nitrogens is 1. The lowest BCUT2D eigenvalue weighted by molar-refractivity contribution is -0.107. The number of thioether (sulfide) groups is 1. The maximum absolute atomic E-state index is 11.8. The van der Waals surface area contributed by atoms with Gasteiger partial charge in [0.15, 0.2) is 0 Å². The van der Waals surface area contributed by atoms with Crippen LogP contribution in [0.15, 0.2) is 60.4 Å². The van der Waals surface area contributed by atoms with Gasteiger partial charge < -0.3 is 9.88 Å². The molecule has 2 aromatic carbocycles. The lowest BCUT2D eigenvalue weighted by Crippen LogP contribution is -2.10. The van der Waals surface area contributed by atoms with Crippen LogP contribution >= 0.6 is 11.8 Å². The van der Waals surface area contributed by atoms with Gasteiger partial charge in [-0.15, -0.1) is 0 Å². The van der Waals surface area contributed by atoms with Crippen LogP contribution in [-0.4, -0.2) is 14.9 Å². The lowest BCUT2D eigenvalue weighted by Gasteiger charge is -2.07. The molecule has 25 heavy (non-hydrogen) atoms. The van der Waals surface area contributed by atoms with Crippen molar-refractivity contribution in [3.8, 4) is 0 Å². The van der Waals surface area contributed by atoms with Gasteiger partial charge in [0.1, 0.15) is 0 Å². The van der Waals surface area contributed by atoms with E-state index in [2.05, 4.69) is 53.3 Å². The molecule has 0 radical (unpaired) electrons. The third-order valence-electron chi connectivity index (χ3n) is 4.22. The van der Waals surface area contributed by atoms with E-state index >= 15 is 0 Å². The van der Waals surface area contributed by atoms with Crippen molar-refractivity contribution < 1.29 is 9.59 Å². The zero-order chi connectivity index (χ0) is 17.4. The Bertz CT molecular complexity index is 1030. The minimum atomic E-state index is -0.319. The van der Waals surface area contributed by atoms with Crippen molar-refractivity contribution in [3.63, 3.8) is 0 Å². The Morgan fingerprint density at radius 1 is 1.12 bits per heavy atom. The summed E-state index contributed by atoms with van der Waals surface area (Å²) in [5.74, 6) is 0. The van der Waals surface area contributed by atoms with Crippen LogP contribution in [0.25, 0.3) is 17.0 Å². The molecule has 5 heteroatoms. The Kier molecular flexibility index (Phi) is 3.93. The molecule has 2 heterocycles. The average Bonchev–Trinajstić information content (AvgIpc) is 3.12. The predicted octanol–water partition coefficient (Wildman–Crippen LogP) is 4.32. The molecular formula is C20H16N2O2S. The number of aryl methyl sites for hydroxylation is 1. The predicted molar refractivity (Wildman–Crippen MR) is 101 cm³/mol. The van der Waals surface area contributed by atoms with Gasteiger partial charge >= 0.3 is 0 Å². The summed E-state index contributed by atoms with van der Waals surface area (Å²) in [6, 6.07) is 16.5. The molecule has 1 N–H and O–H groups in total. The van der Waals surface area contributed by atoms with Crippen LogP contribution in [0.4, 0.5) is 4.79 Å². The molecule has 0 spiro atoms. The fraction of sp³-hybridized carbons (Fsp3) is 0.100. The van der Waals surface area contributed by atoms with E-state index in [1.165, 1.54) is 11.1 Å². The molecule has 124 valence electrons. The zero-order valence-electron chi connectivity index (χ0n) is 13.7. The standard InChI is InChI=1S/C20H16N2O2S/c1-13-4-2-5-14(10-13)12-22-9-8-16-15(6-3-7-18(16)22)11-17-19(23)25-20(24)21-17/h2-11H,12H2,1H3,(H,21,24). The molecule has 1 amide bonds. The molecule has 1 aliphatic rings. The molecular weight excluding hydrogens is 332 g/mol. The van der Waals surface area contributed by atoms with Crippen LogP contribution in [0.1, 0.15) is 16.7 Å². The number of amides is 1. The number of benzene rings is 2. The first-order valence-electron chi connectivity index (χ1n) is 7.98. The number of nitrogens with one attached hydrogen (secondary N) is 1. The summed E-state index contributed by atoms with van der Waals surface area (Å²) in [7, 11) is 0. The maximum atomic E-state index is 11.8. The van der Waals surface area contributed by atoms with E-state index in [9.17, 15) is 9.59 Å². The number of carbonyl (C=O) groups excluding carboxylic acids is 2. The highest BCUT2D eigenvalue weighted by Gasteiger charge is 2.25. The molecule has 0 unspecified atom stereocenters. The first-order valence-corrected chi connectivity index (χ1v) is 8.80. The van der Waals surface area contributed by atoms with Crippen molar-refractivity contribution in [1.82, 2.24) is 9.88 Å². The van der Waals surface area contributed by atoms with Gasteiger partial charge in [-0.25, -0.2) is 0 Å². The molecule has 1 fully saturated rings. The molecule has 0 saturated carbocycles.